The van der Waals surface area contributed by atoms with Gasteiger partial charge < -0.3 is 10.3 Å². The summed E-state index contributed by atoms with van der Waals surface area (Å²) in [6.45, 7) is 4.03. The molecule has 9 nitrogen and oxygen atoms in total. The molecule has 0 atom stereocenters. The smallest absolute Gasteiger partial charge is 0.224 e. The van der Waals surface area contributed by atoms with Crippen LogP contribution in [0.3, 0.4) is 0 Å². The number of carbonyl (C=O) groups excluding carboxylic acids is 1. The van der Waals surface area contributed by atoms with Crippen molar-refractivity contribution in [3.8, 4) is 33.8 Å². The van der Waals surface area contributed by atoms with Crippen molar-refractivity contribution < 1.29 is 4.79 Å². The molecule has 0 spiro atoms. The third kappa shape index (κ3) is 4.11. The minimum Gasteiger partial charge on any atom is -0.335 e. The molecule has 0 aliphatic heterocycles. The summed E-state index contributed by atoms with van der Waals surface area (Å²) in [5.41, 5.74) is 7.40. The standard InChI is InChI=1S/C26H22N8OS/c1-14(2)5-22(35)30-18-6-16(8-27-10-18)17-7-19-24(33-34-25(19)29-9-17)26-31-21-12-28-11-20(23(21)32-26)15-3-4-36-13-15/h3-4,6-14H,5H2,1-2H3,(H,30,35)(H,31,32)(H,29,33,34). The maximum absolute atomic E-state index is 12.2. The predicted molar refractivity (Wildman–Crippen MR) is 141 cm³/mol. The monoisotopic (exact) mass is 494 g/mol. The van der Waals surface area contributed by atoms with Crippen molar-refractivity contribution in [2.75, 3.05) is 5.32 Å². The SMILES string of the molecule is CC(C)CC(=O)Nc1cncc(-c2cnc3[nH]nc(-c4nc5c(-c6ccsc6)cncc5[nH]4)c3c2)c1. The predicted octanol–water partition coefficient (Wildman–Crippen LogP) is 5.67. The number of fused-ring (bicyclic) bond motifs is 2. The quantitative estimate of drug-likeness (QED) is 0.274. The summed E-state index contributed by atoms with van der Waals surface area (Å²) in [5, 5.41) is 15.4. The van der Waals surface area contributed by atoms with E-state index in [2.05, 4.69) is 46.9 Å². The molecule has 6 aromatic heterocycles. The fourth-order valence-electron chi connectivity index (χ4n) is 4.16. The van der Waals surface area contributed by atoms with E-state index in [0.29, 0.717) is 29.3 Å². The van der Waals surface area contributed by atoms with Gasteiger partial charge in [-0.15, -0.1) is 0 Å². The summed E-state index contributed by atoms with van der Waals surface area (Å²) < 4.78 is 0. The third-order valence-electron chi connectivity index (χ3n) is 5.82. The van der Waals surface area contributed by atoms with Crippen LogP contribution in [-0.4, -0.2) is 41.0 Å². The molecule has 0 fully saturated rings. The number of hydrogen-bond donors (Lipinski definition) is 3. The maximum Gasteiger partial charge on any atom is 0.224 e. The highest BCUT2D eigenvalue weighted by Gasteiger charge is 2.17. The largest absolute Gasteiger partial charge is 0.335 e. The molecule has 0 bridgehead atoms. The first kappa shape index (κ1) is 22.1. The van der Waals surface area contributed by atoms with Crippen molar-refractivity contribution in [3.63, 3.8) is 0 Å². The van der Waals surface area contributed by atoms with Crippen LogP contribution in [0.5, 0.6) is 0 Å². The number of aromatic nitrogens is 7. The molecule has 0 aliphatic carbocycles. The van der Waals surface area contributed by atoms with Crippen molar-refractivity contribution in [2.24, 2.45) is 5.92 Å². The number of pyridine rings is 3. The van der Waals surface area contributed by atoms with Gasteiger partial charge in [0.2, 0.25) is 5.91 Å². The van der Waals surface area contributed by atoms with Crippen LogP contribution in [-0.2, 0) is 4.79 Å². The molecule has 3 N–H and O–H groups in total. The summed E-state index contributed by atoms with van der Waals surface area (Å²) >= 11 is 1.64. The summed E-state index contributed by atoms with van der Waals surface area (Å²) in [5.74, 6) is 0.881. The first-order chi connectivity index (χ1) is 17.5. The Morgan fingerprint density at radius 3 is 2.75 bits per heavy atom. The van der Waals surface area contributed by atoms with Gasteiger partial charge in [-0.1, -0.05) is 13.8 Å². The number of hydrogen-bond acceptors (Lipinski definition) is 7. The fraction of sp³-hybridized carbons (Fsp3) is 0.154. The Morgan fingerprint density at radius 2 is 1.92 bits per heavy atom. The highest BCUT2D eigenvalue weighted by molar-refractivity contribution is 7.08. The molecule has 0 saturated heterocycles. The van der Waals surface area contributed by atoms with E-state index in [4.69, 9.17) is 4.98 Å². The zero-order chi connectivity index (χ0) is 24.6. The van der Waals surface area contributed by atoms with Crippen LogP contribution in [0.2, 0.25) is 0 Å². The van der Waals surface area contributed by atoms with E-state index in [-0.39, 0.29) is 11.8 Å². The van der Waals surface area contributed by atoms with E-state index in [9.17, 15) is 4.79 Å². The van der Waals surface area contributed by atoms with Crippen LogP contribution in [0, 0.1) is 5.92 Å². The van der Waals surface area contributed by atoms with Crippen LogP contribution in [0.25, 0.3) is 55.8 Å². The molecule has 36 heavy (non-hydrogen) atoms. The van der Waals surface area contributed by atoms with Crippen molar-refractivity contribution in [1.29, 1.82) is 0 Å². The summed E-state index contributed by atoms with van der Waals surface area (Å²) in [7, 11) is 0. The number of rotatable bonds is 6. The lowest BCUT2D eigenvalue weighted by molar-refractivity contribution is -0.116. The minimum atomic E-state index is -0.0316. The number of H-pyrrole nitrogens is 2. The van der Waals surface area contributed by atoms with Gasteiger partial charge in [-0.3, -0.25) is 19.9 Å². The topological polar surface area (TPSA) is 125 Å². The number of aromatic amines is 2. The van der Waals surface area contributed by atoms with Crippen molar-refractivity contribution in [1.82, 2.24) is 35.1 Å². The van der Waals surface area contributed by atoms with Gasteiger partial charge in [0.15, 0.2) is 11.5 Å². The van der Waals surface area contributed by atoms with E-state index < -0.39 is 0 Å². The molecule has 6 heterocycles. The van der Waals surface area contributed by atoms with Gasteiger partial charge in [0.05, 0.1) is 29.0 Å². The Morgan fingerprint density at radius 1 is 1.06 bits per heavy atom. The molecule has 0 radical (unpaired) electrons. The van der Waals surface area contributed by atoms with Crippen molar-refractivity contribution in [2.45, 2.75) is 20.3 Å². The highest BCUT2D eigenvalue weighted by Crippen LogP contribution is 2.32. The number of anilines is 1. The number of nitrogens with zero attached hydrogens (tertiary/aromatic N) is 5. The Kier molecular flexibility index (Phi) is 5.49. The molecule has 0 saturated carbocycles. The Hall–Kier alpha value is -4.44. The Balaban J connectivity index is 1.38. The van der Waals surface area contributed by atoms with Crippen molar-refractivity contribution >= 4 is 45.0 Å². The lowest BCUT2D eigenvalue weighted by atomic mass is 10.1. The molecule has 1 amide bonds. The van der Waals surface area contributed by atoms with Gasteiger partial charge in [0.1, 0.15) is 11.2 Å². The molecule has 178 valence electrons. The second kappa shape index (κ2) is 8.97. The van der Waals surface area contributed by atoms with Crippen LogP contribution in [0.4, 0.5) is 5.69 Å². The number of carbonyl (C=O) groups is 1. The molecular weight excluding hydrogens is 472 g/mol. The number of nitrogens with one attached hydrogen (secondary N) is 3. The second-order valence-electron chi connectivity index (χ2n) is 8.98. The van der Waals surface area contributed by atoms with Gasteiger partial charge in [0.25, 0.3) is 0 Å². The average molecular weight is 495 g/mol. The number of thiophene rings is 1. The molecule has 0 unspecified atom stereocenters. The van der Waals surface area contributed by atoms with E-state index in [1.807, 2.05) is 37.6 Å². The van der Waals surface area contributed by atoms with E-state index in [1.54, 1.807) is 36.1 Å². The maximum atomic E-state index is 12.2. The average Bonchev–Trinajstić information content (AvgIpc) is 3.62. The Bertz CT molecular complexity index is 1700. The zero-order valence-corrected chi connectivity index (χ0v) is 20.4. The molecule has 6 aromatic rings. The summed E-state index contributed by atoms with van der Waals surface area (Å²) in [4.78, 5) is 33.7. The number of amides is 1. The van der Waals surface area contributed by atoms with Gasteiger partial charge in [0, 0.05) is 41.7 Å². The van der Waals surface area contributed by atoms with Gasteiger partial charge >= 0.3 is 0 Å². The third-order valence-corrected chi connectivity index (χ3v) is 6.50. The van der Waals surface area contributed by atoms with Crippen LogP contribution in [0.1, 0.15) is 20.3 Å². The first-order valence-electron chi connectivity index (χ1n) is 11.5. The van der Waals surface area contributed by atoms with Crippen LogP contribution in [0.15, 0.2) is 59.9 Å². The van der Waals surface area contributed by atoms with Gasteiger partial charge in [-0.25, -0.2) is 9.97 Å². The normalized spacial score (nSPS) is 11.5. The van der Waals surface area contributed by atoms with E-state index in [1.165, 1.54) is 0 Å². The zero-order valence-electron chi connectivity index (χ0n) is 19.6. The Labute approximate surface area is 210 Å². The van der Waals surface area contributed by atoms with Crippen molar-refractivity contribution in [3.05, 3.63) is 59.9 Å². The van der Waals surface area contributed by atoms with Crippen LogP contribution >= 0.6 is 11.3 Å². The second-order valence-corrected chi connectivity index (χ2v) is 9.76. The molecule has 10 heteroatoms. The van der Waals surface area contributed by atoms with E-state index >= 15 is 0 Å². The lowest BCUT2D eigenvalue weighted by Gasteiger charge is -2.08. The van der Waals surface area contributed by atoms with Gasteiger partial charge in [-0.2, -0.15) is 16.4 Å². The lowest BCUT2D eigenvalue weighted by Crippen LogP contribution is -2.13. The fourth-order valence-corrected chi connectivity index (χ4v) is 4.82. The summed E-state index contributed by atoms with van der Waals surface area (Å²) in [6, 6.07) is 5.96. The number of imidazole rings is 1. The summed E-state index contributed by atoms with van der Waals surface area (Å²) in [6.07, 6.45) is 9.21. The van der Waals surface area contributed by atoms with Crippen LogP contribution < -0.4 is 5.32 Å². The van der Waals surface area contributed by atoms with E-state index in [0.717, 1.165) is 38.7 Å². The van der Waals surface area contributed by atoms with Gasteiger partial charge in [-0.05, 0) is 40.4 Å². The highest BCUT2D eigenvalue weighted by atomic mass is 32.1. The molecule has 0 aromatic carbocycles. The first-order valence-corrected chi connectivity index (χ1v) is 12.5. The molecule has 6 rings (SSSR count). The molecular formula is C26H22N8OS. The minimum absolute atomic E-state index is 0.0316. The molecule has 0 aliphatic rings.